The van der Waals surface area contributed by atoms with Crippen molar-refractivity contribution in [3.63, 3.8) is 0 Å². The molecule has 0 bridgehead atoms. The SMILES string of the molecule is C#CCc1ccc(CC=C)cc1OC. The summed E-state index contributed by atoms with van der Waals surface area (Å²) in [6, 6.07) is 6.07. The third-order valence-corrected chi connectivity index (χ3v) is 2.02. The lowest BCUT2D eigenvalue weighted by atomic mass is 10.1. The van der Waals surface area contributed by atoms with E-state index in [2.05, 4.69) is 18.6 Å². The van der Waals surface area contributed by atoms with Crippen molar-refractivity contribution in [1.82, 2.24) is 0 Å². The van der Waals surface area contributed by atoms with Gasteiger partial charge in [0, 0.05) is 12.0 Å². The Balaban J connectivity index is 2.99. The lowest BCUT2D eigenvalue weighted by molar-refractivity contribution is 0.410. The van der Waals surface area contributed by atoms with Crippen molar-refractivity contribution in [2.45, 2.75) is 12.8 Å². The molecule has 0 aromatic heterocycles. The van der Waals surface area contributed by atoms with Crippen LogP contribution in [0, 0.1) is 12.3 Å². The van der Waals surface area contributed by atoms with Gasteiger partial charge in [0.05, 0.1) is 7.11 Å². The van der Waals surface area contributed by atoms with Crippen LogP contribution in [0.5, 0.6) is 5.75 Å². The molecular weight excluding hydrogens is 172 g/mol. The third-order valence-electron chi connectivity index (χ3n) is 2.02. The van der Waals surface area contributed by atoms with Gasteiger partial charge in [-0.3, -0.25) is 0 Å². The lowest BCUT2D eigenvalue weighted by Gasteiger charge is -2.07. The van der Waals surface area contributed by atoms with Gasteiger partial charge >= 0.3 is 0 Å². The molecule has 1 heteroatoms. The fourth-order valence-corrected chi connectivity index (χ4v) is 1.34. The van der Waals surface area contributed by atoms with Crippen molar-refractivity contribution in [1.29, 1.82) is 0 Å². The molecule has 0 aliphatic rings. The molecule has 14 heavy (non-hydrogen) atoms. The lowest BCUT2D eigenvalue weighted by Crippen LogP contribution is -1.93. The number of terminal acetylenes is 1. The van der Waals surface area contributed by atoms with E-state index in [1.54, 1.807) is 7.11 Å². The van der Waals surface area contributed by atoms with E-state index in [0.717, 1.165) is 17.7 Å². The van der Waals surface area contributed by atoms with E-state index in [0.29, 0.717) is 6.42 Å². The Morgan fingerprint density at radius 2 is 2.36 bits per heavy atom. The quantitative estimate of drug-likeness (QED) is 0.519. The standard InChI is InChI=1S/C13H14O/c1-4-6-11-8-9-12(7-5-2)13(10-11)14-3/h2,4,8-10H,1,6-7H2,3H3. The number of rotatable bonds is 4. The summed E-state index contributed by atoms with van der Waals surface area (Å²) >= 11 is 0. The van der Waals surface area contributed by atoms with Crippen LogP contribution in [-0.2, 0) is 12.8 Å². The minimum Gasteiger partial charge on any atom is -0.496 e. The molecule has 1 rings (SSSR count). The number of benzene rings is 1. The Kier molecular flexibility index (Phi) is 3.82. The van der Waals surface area contributed by atoms with Gasteiger partial charge in [0.15, 0.2) is 0 Å². The number of methoxy groups -OCH3 is 1. The summed E-state index contributed by atoms with van der Waals surface area (Å²) in [5.41, 5.74) is 2.25. The van der Waals surface area contributed by atoms with Gasteiger partial charge < -0.3 is 4.74 Å². The van der Waals surface area contributed by atoms with E-state index in [9.17, 15) is 0 Å². The van der Waals surface area contributed by atoms with E-state index in [-0.39, 0.29) is 0 Å². The Bertz CT molecular complexity index is 358. The van der Waals surface area contributed by atoms with Gasteiger partial charge in [0.2, 0.25) is 0 Å². The molecule has 0 saturated carbocycles. The van der Waals surface area contributed by atoms with Gasteiger partial charge in [0.25, 0.3) is 0 Å². The third kappa shape index (κ3) is 2.40. The molecule has 0 atom stereocenters. The summed E-state index contributed by atoms with van der Waals surface area (Å²) in [6.07, 6.45) is 8.59. The Morgan fingerprint density at radius 3 is 2.93 bits per heavy atom. The number of ether oxygens (including phenoxy) is 1. The van der Waals surface area contributed by atoms with Crippen LogP contribution in [0.4, 0.5) is 0 Å². The van der Waals surface area contributed by atoms with Gasteiger partial charge in [0.1, 0.15) is 5.75 Å². The van der Waals surface area contributed by atoms with E-state index < -0.39 is 0 Å². The summed E-state index contributed by atoms with van der Waals surface area (Å²) in [6.45, 7) is 3.70. The van der Waals surface area contributed by atoms with Crippen molar-refractivity contribution in [3.05, 3.63) is 42.0 Å². The molecule has 0 aliphatic carbocycles. The predicted octanol–water partition coefficient (Wildman–Crippen LogP) is 2.60. The first-order chi connectivity index (χ1) is 6.81. The van der Waals surface area contributed by atoms with Crippen molar-refractivity contribution in [3.8, 4) is 18.1 Å². The maximum atomic E-state index is 5.26. The van der Waals surface area contributed by atoms with Crippen LogP contribution in [0.1, 0.15) is 11.1 Å². The Labute approximate surface area is 85.4 Å². The minimum absolute atomic E-state index is 0.609. The Morgan fingerprint density at radius 1 is 1.57 bits per heavy atom. The van der Waals surface area contributed by atoms with E-state index >= 15 is 0 Å². The van der Waals surface area contributed by atoms with Gasteiger partial charge in [-0.15, -0.1) is 18.9 Å². The molecule has 0 saturated heterocycles. The van der Waals surface area contributed by atoms with Crippen LogP contribution in [0.25, 0.3) is 0 Å². The molecule has 0 amide bonds. The predicted molar refractivity (Wildman–Crippen MR) is 59.4 cm³/mol. The molecule has 1 aromatic carbocycles. The topological polar surface area (TPSA) is 9.23 Å². The molecule has 0 unspecified atom stereocenters. The molecular formula is C13H14O. The molecule has 0 radical (unpaired) electrons. The average Bonchev–Trinajstić information content (AvgIpc) is 2.21. The monoisotopic (exact) mass is 186 g/mol. The zero-order chi connectivity index (χ0) is 10.4. The zero-order valence-electron chi connectivity index (χ0n) is 8.42. The van der Waals surface area contributed by atoms with E-state index in [1.807, 2.05) is 18.2 Å². The van der Waals surface area contributed by atoms with Gasteiger partial charge in [-0.05, 0) is 18.1 Å². The molecule has 0 heterocycles. The molecule has 0 fully saturated rings. The molecule has 0 N–H and O–H groups in total. The summed E-state index contributed by atoms with van der Waals surface area (Å²) in [5.74, 6) is 3.47. The number of hydrogen-bond acceptors (Lipinski definition) is 1. The van der Waals surface area contributed by atoms with Gasteiger partial charge in [-0.2, -0.15) is 0 Å². The van der Waals surface area contributed by atoms with Crippen LogP contribution in [0.15, 0.2) is 30.9 Å². The molecule has 0 aliphatic heterocycles. The van der Waals surface area contributed by atoms with Crippen molar-refractivity contribution in [2.75, 3.05) is 7.11 Å². The fraction of sp³-hybridized carbons (Fsp3) is 0.231. The average molecular weight is 186 g/mol. The highest BCUT2D eigenvalue weighted by atomic mass is 16.5. The zero-order valence-corrected chi connectivity index (χ0v) is 8.42. The van der Waals surface area contributed by atoms with Crippen molar-refractivity contribution >= 4 is 0 Å². The molecule has 72 valence electrons. The second-order valence-electron chi connectivity index (χ2n) is 3.02. The fourth-order valence-electron chi connectivity index (χ4n) is 1.34. The normalized spacial score (nSPS) is 9.14. The van der Waals surface area contributed by atoms with Crippen LogP contribution in [-0.4, -0.2) is 7.11 Å². The first-order valence-electron chi connectivity index (χ1n) is 4.52. The van der Waals surface area contributed by atoms with Crippen LogP contribution in [0.3, 0.4) is 0 Å². The summed E-state index contributed by atoms with van der Waals surface area (Å²) in [5, 5.41) is 0. The van der Waals surface area contributed by atoms with Crippen molar-refractivity contribution < 1.29 is 4.74 Å². The maximum absolute atomic E-state index is 5.26. The largest absolute Gasteiger partial charge is 0.496 e. The maximum Gasteiger partial charge on any atom is 0.123 e. The summed E-state index contributed by atoms with van der Waals surface area (Å²) in [4.78, 5) is 0. The van der Waals surface area contributed by atoms with Crippen LogP contribution < -0.4 is 4.74 Å². The second kappa shape index (κ2) is 5.14. The van der Waals surface area contributed by atoms with Gasteiger partial charge in [-0.25, -0.2) is 0 Å². The summed E-state index contributed by atoms with van der Waals surface area (Å²) < 4.78 is 5.26. The van der Waals surface area contributed by atoms with E-state index in [4.69, 9.17) is 11.2 Å². The second-order valence-corrected chi connectivity index (χ2v) is 3.02. The first-order valence-corrected chi connectivity index (χ1v) is 4.52. The molecule has 0 spiro atoms. The number of allylic oxidation sites excluding steroid dienone is 1. The smallest absolute Gasteiger partial charge is 0.123 e. The van der Waals surface area contributed by atoms with E-state index in [1.165, 1.54) is 5.56 Å². The van der Waals surface area contributed by atoms with Crippen LogP contribution in [0.2, 0.25) is 0 Å². The van der Waals surface area contributed by atoms with Crippen LogP contribution >= 0.6 is 0 Å². The van der Waals surface area contributed by atoms with Gasteiger partial charge in [-0.1, -0.05) is 18.2 Å². The highest BCUT2D eigenvalue weighted by Gasteiger charge is 2.02. The Hall–Kier alpha value is -1.68. The first kappa shape index (κ1) is 10.4. The number of hydrogen-bond donors (Lipinski definition) is 0. The minimum atomic E-state index is 0.609. The molecule has 1 aromatic rings. The van der Waals surface area contributed by atoms with Crippen molar-refractivity contribution in [2.24, 2.45) is 0 Å². The molecule has 1 nitrogen and oxygen atoms in total. The summed E-state index contributed by atoms with van der Waals surface area (Å²) in [7, 11) is 1.66. The highest BCUT2D eigenvalue weighted by molar-refractivity contribution is 5.40. The highest BCUT2D eigenvalue weighted by Crippen LogP contribution is 2.20.